The molecule has 1 amide bonds. The first-order valence-electron chi connectivity index (χ1n) is 6.54. The number of carbonyl (C=O) groups is 1. The highest BCUT2D eigenvalue weighted by Gasteiger charge is 2.32. The van der Waals surface area contributed by atoms with Gasteiger partial charge in [0.25, 0.3) is 0 Å². The molecule has 1 N–H and O–H groups in total. The molecule has 0 spiro atoms. The molecule has 2 nitrogen and oxygen atoms in total. The van der Waals surface area contributed by atoms with E-state index in [1.807, 2.05) is 0 Å². The molecule has 0 heterocycles. The van der Waals surface area contributed by atoms with Crippen LogP contribution in [-0.4, -0.2) is 17.8 Å². The number of amides is 1. The minimum atomic E-state index is 0.207. The van der Waals surface area contributed by atoms with Crippen molar-refractivity contribution in [3.8, 4) is 0 Å². The van der Waals surface area contributed by atoms with Gasteiger partial charge in [-0.1, -0.05) is 20.3 Å². The number of hydrogen-bond donors (Lipinski definition) is 1. The summed E-state index contributed by atoms with van der Waals surface area (Å²) in [7, 11) is 0. The minimum Gasteiger partial charge on any atom is -0.353 e. The third-order valence-electron chi connectivity index (χ3n) is 3.88. The van der Waals surface area contributed by atoms with Crippen LogP contribution < -0.4 is 5.32 Å². The summed E-state index contributed by atoms with van der Waals surface area (Å²) in [4.78, 5) is 11.7. The Bertz CT molecular complexity index is 220. The number of rotatable bonds is 6. The lowest BCUT2D eigenvalue weighted by Crippen LogP contribution is -2.37. The summed E-state index contributed by atoms with van der Waals surface area (Å²) >= 11 is 5.58. The van der Waals surface area contributed by atoms with Crippen LogP contribution in [-0.2, 0) is 4.79 Å². The van der Waals surface area contributed by atoms with Crippen LogP contribution in [0.5, 0.6) is 0 Å². The van der Waals surface area contributed by atoms with Crippen LogP contribution in [0.15, 0.2) is 0 Å². The second kappa shape index (κ2) is 7.16. The predicted molar refractivity (Wildman–Crippen MR) is 68.7 cm³/mol. The molecule has 94 valence electrons. The van der Waals surface area contributed by atoms with E-state index in [-0.39, 0.29) is 5.91 Å². The van der Waals surface area contributed by atoms with Gasteiger partial charge in [-0.05, 0) is 37.5 Å². The summed E-state index contributed by atoms with van der Waals surface area (Å²) < 4.78 is 0. The highest BCUT2D eigenvalue weighted by molar-refractivity contribution is 6.17. The van der Waals surface area contributed by atoms with Gasteiger partial charge in [0.2, 0.25) is 5.91 Å². The van der Waals surface area contributed by atoms with Crippen molar-refractivity contribution < 1.29 is 4.79 Å². The lowest BCUT2D eigenvalue weighted by atomic mass is 9.93. The Morgan fingerprint density at radius 3 is 2.69 bits per heavy atom. The normalized spacial score (nSPS) is 29.3. The molecule has 0 aromatic heterocycles. The van der Waals surface area contributed by atoms with Crippen molar-refractivity contribution in [2.75, 3.05) is 5.88 Å². The van der Waals surface area contributed by atoms with E-state index >= 15 is 0 Å². The summed E-state index contributed by atoms with van der Waals surface area (Å²) in [5.74, 6) is 2.30. The van der Waals surface area contributed by atoms with Crippen molar-refractivity contribution >= 4 is 17.5 Å². The van der Waals surface area contributed by atoms with Crippen molar-refractivity contribution in [1.82, 2.24) is 5.32 Å². The Morgan fingerprint density at radius 2 is 2.12 bits per heavy atom. The average Bonchev–Trinajstić information content (AvgIpc) is 2.60. The zero-order valence-corrected chi connectivity index (χ0v) is 11.2. The fourth-order valence-electron chi connectivity index (χ4n) is 2.69. The Balaban J connectivity index is 2.24. The highest BCUT2D eigenvalue weighted by Crippen LogP contribution is 2.33. The number of carbonyl (C=O) groups excluding carboxylic acids is 1. The number of nitrogens with one attached hydrogen (secondary N) is 1. The maximum Gasteiger partial charge on any atom is 0.220 e. The molecular weight excluding hydrogens is 222 g/mol. The molecule has 1 rings (SSSR count). The smallest absolute Gasteiger partial charge is 0.220 e. The number of hydrogen-bond acceptors (Lipinski definition) is 1. The Kier molecular flexibility index (Phi) is 6.18. The number of alkyl halides is 1. The molecule has 0 aliphatic heterocycles. The van der Waals surface area contributed by atoms with E-state index in [2.05, 4.69) is 19.2 Å². The zero-order valence-electron chi connectivity index (χ0n) is 10.5. The van der Waals surface area contributed by atoms with E-state index in [1.165, 1.54) is 12.8 Å². The van der Waals surface area contributed by atoms with Crippen LogP contribution in [0.3, 0.4) is 0 Å². The minimum absolute atomic E-state index is 0.207. The molecule has 1 saturated carbocycles. The summed E-state index contributed by atoms with van der Waals surface area (Å²) in [6.45, 7) is 4.51. The zero-order chi connectivity index (χ0) is 12.0. The van der Waals surface area contributed by atoms with Gasteiger partial charge in [-0.2, -0.15) is 0 Å². The van der Waals surface area contributed by atoms with Crippen LogP contribution in [0.1, 0.15) is 52.4 Å². The predicted octanol–water partition coefficient (Wildman–Crippen LogP) is 3.34. The van der Waals surface area contributed by atoms with Gasteiger partial charge in [0.1, 0.15) is 0 Å². The van der Waals surface area contributed by atoms with E-state index in [9.17, 15) is 4.79 Å². The van der Waals surface area contributed by atoms with Crippen LogP contribution >= 0.6 is 11.6 Å². The summed E-state index contributed by atoms with van der Waals surface area (Å²) in [6.07, 6.45) is 6.14. The van der Waals surface area contributed by atoms with Crippen LogP contribution in [0.4, 0.5) is 0 Å². The third-order valence-corrected chi connectivity index (χ3v) is 4.15. The molecule has 0 aromatic rings. The van der Waals surface area contributed by atoms with Gasteiger partial charge in [0.15, 0.2) is 0 Å². The van der Waals surface area contributed by atoms with Gasteiger partial charge < -0.3 is 5.32 Å². The molecule has 0 bridgehead atoms. The molecule has 1 aliphatic rings. The van der Waals surface area contributed by atoms with Crippen LogP contribution in [0, 0.1) is 11.8 Å². The van der Waals surface area contributed by atoms with E-state index in [1.54, 1.807) is 0 Å². The van der Waals surface area contributed by atoms with Crippen molar-refractivity contribution in [1.29, 1.82) is 0 Å². The molecule has 3 unspecified atom stereocenters. The Hall–Kier alpha value is -0.240. The molecule has 16 heavy (non-hydrogen) atoms. The summed E-state index contributed by atoms with van der Waals surface area (Å²) in [5.41, 5.74) is 0. The largest absolute Gasteiger partial charge is 0.353 e. The number of halogens is 1. The van der Waals surface area contributed by atoms with Crippen LogP contribution in [0.2, 0.25) is 0 Å². The van der Waals surface area contributed by atoms with Gasteiger partial charge in [0, 0.05) is 18.3 Å². The molecule has 0 radical (unpaired) electrons. The summed E-state index contributed by atoms with van der Waals surface area (Å²) in [6, 6.07) is 0.411. The Labute approximate surface area is 104 Å². The maximum absolute atomic E-state index is 11.7. The highest BCUT2D eigenvalue weighted by atomic mass is 35.5. The second-order valence-corrected chi connectivity index (χ2v) is 5.30. The Morgan fingerprint density at radius 1 is 1.38 bits per heavy atom. The van der Waals surface area contributed by atoms with Gasteiger partial charge in [0.05, 0.1) is 0 Å². The molecular formula is C13H24ClNO. The first-order chi connectivity index (χ1) is 7.69. The first kappa shape index (κ1) is 13.8. The van der Waals surface area contributed by atoms with Crippen LogP contribution in [0.25, 0.3) is 0 Å². The first-order valence-corrected chi connectivity index (χ1v) is 7.07. The molecule has 3 atom stereocenters. The van der Waals surface area contributed by atoms with Crippen molar-refractivity contribution in [3.63, 3.8) is 0 Å². The molecule has 0 saturated heterocycles. The molecule has 3 heteroatoms. The van der Waals surface area contributed by atoms with E-state index < -0.39 is 0 Å². The van der Waals surface area contributed by atoms with E-state index in [0.29, 0.717) is 24.3 Å². The topological polar surface area (TPSA) is 29.1 Å². The maximum atomic E-state index is 11.7. The average molecular weight is 246 g/mol. The van der Waals surface area contributed by atoms with Gasteiger partial charge in [-0.15, -0.1) is 11.6 Å². The lowest BCUT2D eigenvalue weighted by Gasteiger charge is -2.20. The quantitative estimate of drug-likeness (QED) is 0.565. The molecule has 0 aromatic carbocycles. The molecule has 1 fully saturated rings. The SMILES string of the molecule is CCC1CCC(NC(=O)CCCCCl)C1C. The van der Waals surface area contributed by atoms with Crippen molar-refractivity contribution in [2.24, 2.45) is 11.8 Å². The van der Waals surface area contributed by atoms with Crippen molar-refractivity contribution in [2.45, 2.75) is 58.4 Å². The fourth-order valence-corrected chi connectivity index (χ4v) is 2.88. The van der Waals surface area contributed by atoms with Gasteiger partial charge in [-0.25, -0.2) is 0 Å². The van der Waals surface area contributed by atoms with E-state index in [4.69, 9.17) is 11.6 Å². The van der Waals surface area contributed by atoms with Gasteiger partial charge in [-0.3, -0.25) is 4.79 Å². The standard InChI is InChI=1S/C13H24ClNO/c1-3-11-7-8-12(10(11)2)15-13(16)6-4-5-9-14/h10-12H,3-9H2,1-2H3,(H,15,16). The molecule has 1 aliphatic carbocycles. The summed E-state index contributed by atoms with van der Waals surface area (Å²) in [5, 5.41) is 3.17. The third kappa shape index (κ3) is 3.97. The van der Waals surface area contributed by atoms with Gasteiger partial charge >= 0.3 is 0 Å². The second-order valence-electron chi connectivity index (χ2n) is 4.92. The van der Waals surface area contributed by atoms with Crippen molar-refractivity contribution in [3.05, 3.63) is 0 Å². The van der Waals surface area contributed by atoms with E-state index in [0.717, 1.165) is 25.2 Å². The lowest BCUT2D eigenvalue weighted by molar-refractivity contribution is -0.122. The number of unbranched alkanes of at least 4 members (excludes halogenated alkanes) is 1. The fraction of sp³-hybridized carbons (Fsp3) is 0.923. The monoisotopic (exact) mass is 245 g/mol.